The molecule has 1 aliphatic rings. The van der Waals surface area contributed by atoms with E-state index in [-0.39, 0.29) is 18.9 Å². The molecular formula is C20H24N2O5. The first-order chi connectivity index (χ1) is 12.9. The van der Waals surface area contributed by atoms with Crippen molar-refractivity contribution in [3.05, 3.63) is 47.3 Å². The molecule has 7 nitrogen and oxygen atoms in total. The standard InChI is InChI=1S/C20H24N2O5/c1-13-10-18(14(2)22(13)15-4-6-16(26-3)7-5-15)20(25)21-8-9-27-17(12-21)11-19(23)24/h4-7,10,17H,8-9,11-12H2,1-3H3,(H,23,24). The van der Waals surface area contributed by atoms with E-state index < -0.39 is 12.1 Å². The number of aryl methyl sites for hydroxylation is 1. The van der Waals surface area contributed by atoms with Gasteiger partial charge in [0, 0.05) is 30.2 Å². The lowest BCUT2D eigenvalue weighted by Crippen LogP contribution is -2.46. The number of hydrogen-bond donors (Lipinski definition) is 1. The van der Waals surface area contributed by atoms with Crippen LogP contribution in [0.4, 0.5) is 0 Å². The van der Waals surface area contributed by atoms with Gasteiger partial charge in [0.25, 0.3) is 5.91 Å². The molecule has 1 amide bonds. The van der Waals surface area contributed by atoms with Crippen molar-refractivity contribution in [1.82, 2.24) is 9.47 Å². The van der Waals surface area contributed by atoms with Crippen LogP contribution >= 0.6 is 0 Å². The van der Waals surface area contributed by atoms with Gasteiger partial charge >= 0.3 is 5.97 Å². The molecule has 1 aromatic carbocycles. The molecule has 0 bridgehead atoms. The van der Waals surface area contributed by atoms with Crippen molar-refractivity contribution in [2.75, 3.05) is 26.8 Å². The quantitative estimate of drug-likeness (QED) is 0.872. The fraction of sp³-hybridized carbons (Fsp3) is 0.400. The normalized spacial score (nSPS) is 17.0. The maximum absolute atomic E-state index is 13.0. The van der Waals surface area contributed by atoms with E-state index in [9.17, 15) is 9.59 Å². The van der Waals surface area contributed by atoms with Crippen molar-refractivity contribution >= 4 is 11.9 Å². The SMILES string of the molecule is COc1ccc(-n2c(C)cc(C(=O)N3CCOC(CC(=O)O)C3)c2C)cc1. The number of carbonyl (C=O) groups is 2. The third-order valence-electron chi connectivity index (χ3n) is 4.82. The summed E-state index contributed by atoms with van der Waals surface area (Å²) in [5.74, 6) is -0.246. The first-order valence-corrected chi connectivity index (χ1v) is 8.86. The number of methoxy groups -OCH3 is 1. The molecule has 2 heterocycles. The maximum atomic E-state index is 13.0. The Morgan fingerprint density at radius 3 is 2.59 bits per heavy atom. The van der Waals surface area contributed by atoms with Crippen molar-refractivity contribution in [3.63, 3.8) is 0 Å². The molecule has 0 radical (unpaired) electrons. The van der Waals surface area contributed by atoms with E-state index in [1.54, 1.807) is 12.0 Å². The van der Waals surface area contributed by atoms with Crippen molar-refractivity contribution < 1.29 is 24.2 Å². The highest BCUT2D eigenvalue weighted by Crippen LogP contribution is 2.24. The van der Waals surface area contributed by atoms with Crippen LogP contribution in [-0.4, -0.2) is 59.4 Å². The van der Waals surface area contributed by atoms with Gasteiger partial charge < -0.3 is 24.0 Å². The highest BCUT2D eigenvalue weighted by Gasteiger charge is 2.28. The van der Waals surface area contributed by atoms with Crippen molar-refractivity contribution in [3.8, 4) is 11.4 Å². The summed E-state index contributed by atoms with van der Waals surface area (Å²) in [6, 6.07) is 9.54. The molecule has 1 unspecified atom stereocenters. The Morgan fingerprint density at radius 2 is 1.96 bits per heavy atom. The zero-order chi connectivity index (χ0) is 19.6. The zero-order valence-electron chi connectivity index (χ0n) is 15.8. The van der Waals surface area contributed by atoms with Crippen LogP contribution in [0.2, 0.25) is 0 Å². The van der Waals surface area contributed by atoms with E-state index in [0.717, 1.165) is 22.8 Å². The maximum Gasteiger partial charge on any atom is 0.306 e. The molecule has 27 heavy (non-hydrogen) atoms. The summed E-state index contributed by atoms with van der Waals surface area (Å²) in [5.41, 5.74) is 3.38. The van der Waals surface area contributed by atoms with Gasteiger partial charge in [0.05, 0.1) is 31.8 Å². The minimum absolute atomic E-state index is 0.0958. The number of aliphatic carboxylic acids is 1. The largest absolute Gasteiger partial charge is 0.497 e. The summed E-state index contributed by atoms with van der Waals surface area (Å²) in [6.07, 6.45) is -0.570. The van der Waals surface area contributed by atoms with Gasteiger partial charge in [-0.2, -0.15) is 0 Å². The average molecular weight is 372 g/mol. The number of carboxylic acid groups (broad SMARTS) is 1. The predicted octanol–water partition coefficient (Wildman–Crippen LogP) is 2.42. The molecule has 1 saturated heterocycles. The van der Waals surface area contributed by atoms with Gasteiger partial charge in [-0.25, -0.2) is 0 Å². The number of rotatable bonds is 5. The molecule has 7 heteroatoms. The lowest BCUT2D eigenvalue weighted by atomic mass is 10.1. The number of hydrogen-bond acceptors (Lipinski definition) is 4. The highest BCUT2D eigenvalue weighted by molar-refractivity contribution is 5.96. The molecule has 0 aliphatic carbocycles. The Balaban J connectivity index is 1.84. The van der Waals surface area contributed by atoms with E-state index in [1.807, 2.05) is 48.7 Å². The number of amides is 1. The number of benzene rings is 1. The van der Waals surface area contributed by atoms with Crippen LogP contribution in [0.15, 0.2) is 30.3 Å². The Kier molecular flexibility index (Phi) is 5.51. The lowest BCUT2D eigenvalue weighted by Gasteiger charge is -2.32. The third kappa shape index (κ3) is 3.98. The van der Waals surface area contributed by atoms with Gasteiger partial charge in [0.2, 0.25) is 0 Å². The summed E-state index contributed by atoms with van der Waals surface area (Å²) >= 11 is 0. The summed E-state index contributed by atoms with van der Waals surface area (Å²) in [4.78, 5) is 25.6. The summed E-state index contributed by atoms with van der Waals surface area (Å²) in [6.45, 7) is 4.97. The lowest BCUT2D eigenvalue weighted by molar-refractivity contribution is -0.141. The number of morpholine rings is 1. The van der Waals surface area contributed by atoms with Crippen LogP contribution in [0.25, 0.3) is 5.69 Å². The van der Waals surface area contributed by atoms with Gasteiger partial charge in [0.15, 0.2) is 0 Å². The summed E-state index contributed by atoms with van der Waals surface area (Å²) < 4.78 is 12.7. The second kappa shape index (κ2) is 7.84. The van der Waals surface area contributed by atoms with Crippen LogP contribution in [0.1, 0.15) is 28.2 Å². The average Bonchev–Trinajstić information content (AvgIpc) is 2.95. The van der Waals surface area contributed by atoms with Gasteiger partial charge in [-0.05, 0) is 44.2 Å². The van der Waals surface area contributed by atoms with Gasteiger partial charge in [0.1, 0.15) is 5.75 Å². The number of aromatic nitrogens is 1. The number of nitrogens with zero attached hydrogens (tertiary/aromatic N) is 2. The second-order valence-electron chi connectivity index (χ2n) is 6.66. The molecule has 1 aromatic heterocycles. The molecule has 0 spiro atoms. The minimum atomic E-state index is -0.924. The molecule has 1 fully saturated rings. The number of ether oxygens (including phenoxy) is 2. The third-order valence-corrected chi connectivity index (χ3v) is 4.82. The van der Waals surface area contributed by atoms with Crippen molar-refractivity contribution in [1.29, 1.82) is 0 Å². The number of carbonyl (C=O) groups excluding carboxylic acids is 1. The van der Waals surface area contributed by atoms with Crippen LogP contribution in [0, 0.1) is 13.8 Å². The van der Waals surface area contributed by atoms with Crippen LogP contribution < -0.4 is 4.74 Å². The van der Waals surface area contributed by atoms with Crippen LogP contribution in [-0.2, 0) is 9.53 Å². The van der Waals surface area contributed by atoms with E-state index >= 15 is 0 Å². The van der Waals surface area contributed by atoms with E-state index in [2.05, 4.69) is 0 Å². The Hall–Kier alpha value is -2.80. The van der Waals surface area contributed by atoms with Gasteiger partial charge in [-0.15, -0.1) is 0 Å². The van der Waals surface area contributed by atoms with E-state index in [0.29, 0.717) is 18.7 Å². The topological polar surface area (TPSA) is 81.0 Å². The zero-order valence-corrected chi connectivity index (χ0v) is 15.8. The van der Waals surface area contributed by atoms with Gasteiger partial charge in [-0.3, -0.25) is 9.59 Å². The number of carboxylic acids is 1. The molecule has 0 saturated carbocycles. The molecule has 3 rings (SSSR count). The predicted molar refractivity (Wildman–Crippen MR) is 99.7 cm³/mol. The smallest absolute Gasteiger partial charge is 0.306 e. The Labute approximate surface area is 158 Å². The van der Waals surface area contributed by atoms with Gasteiger partial charge in [-0.1, -0.05) is 0 Å². The molecule has 1 aliphatic heterocycles. The molecule has 144 valence electrons. The van der Waals surface area contributed by atoms with Crippen LogP contribution in [0.3, 0.4) is 0 Å². The van der Waals surface area contributed by atoms with Crippen LogP contribution in [0.5, 0.6) is 5.75 Å². The molecule has 2 aromatic rings. The highest BCUT2D eigenvalue weighted by atomic mass is 16.5. The molecule has 1 N–H and O–H groups in total. The molecule has 1 atom stereocenters. The first kappa shape index (κ1) is 19.0. The minimum Gasteiger partial charge on any atom is -0.497 e. The fourth-order valence-corrected chi connectivity index (χ4v) is 3.50. The Bertz CT molecular complexity index is 841. The van der Waals surface area contributed by atoms with E-state index in [4.69, 9.17) is 14.6 Å². The van der Waals surface area contributed by atoms with Crippen molar-refractivity contribution in [2.45, 2.75) is 26.4 Å². The monoisotopic (exact) mass is 372 g/mol. The summed E-state index contributed by atoms with van der Waals surface area (Å²) in [5, 5.41) is 8.96. The second-order valence-corrected chi connectivity index (χ2v) is 6.66. The van der Waals surface area contributed by atoms with Crippen molar-refractivity contribution in [2.24, 2.45) is 0 Å². The Morgan fingerprint density at radius 1 is 1.26 bits per heavy atom. The first-order valence-electron chi connectivity index (χ1n) is 8.86. The fourth-order valence-electron chi connectivity index (χ4n) is 3.50. The van der Waals surface area contributed by atoms with E-state index in [1.165, 1.54) is 0 Å². The summed E-state index contributed by atoms with van der Waals surface area (Å²) in [7, 11) is 1.62. The molecular weight excluding hydrogens is 348 g/mol.